The first-order chi connectivity index (χ1) is 8.54. The van der Waals surface area contributed by atoms with Crippen molar-refractivity contribution in [3.05, 3.63) is 18.2 Å². The van der Waals surface area contributed by atoms with Gasteiger partial charge in [-0.05, 0) is 39.2 Å². The molecule has 2 atom stereocenters. The number of hydrogen-bond acceptors (Lipinski definition) is 2. The Hall–Kier alpha value is -0.830. The molecule has 2 unspecified atom stereocenters. The summed E-state index contributed by atoms with van der Waals surface area (Å²) in [6, 6.07) is 0. The Labute approximate surface area is 111 Å². The van der Waals surface area contributed by atoms with Crippen molar-refractivity contribution in [3.8, 4) is 0 Å². The Morgan fingerprint density at radius 3 is 2.78 bits per heavy atom. The van der Waals surface area contributed by atoms with Gasteiger partial charge in [0.1, 0.15) is 0 Å². The van der Waals surface area contributed by atoms with E-state index in [2.05, 4.69) is 35.6 Å². The Kier molecular flexibility index (Phi) is 4.10. The van der Waals surface area contributed by atoms with Gasteiger partial charge in [-0.2, -0.15) is 0 Å². The van der Waals surface area contributed by atoms with Gasteiger partial charge in [-0.25, -0.2) is 4.98 Å². The average Bonchev–Trinajstić information content (AvgIpc) is 2.81. The maximum absolute atomic E-state index is 4.35. The smallest absolute Gasteiger partial charge is 0.0948 e. The van der Waals surface area contributed by atoms with Gasteiger partial charge >= 0.3 is 0 Å². The van der Waals surface area contributed by atoms with E-state index in [9.17, 15) is 0 Å². The lowest BCUT2D eigenvalue weighted by molar-refractivity contribution is 0.223. The van der Waals surface area contributed by atoms with Crippen molar-refractivity contribution in [2.45, 2.75) is 58.5 Å². The zero-order chi connectivity index (χ0) is 13.2. The second-order valence-corrected chi connectivity index (χ2v) is 6.33. The molecule has 1 aliphatic rings. The van der Waals surface area contributed by atoms with Crippen molar-refractivity contribution in [1.29, 1.82) is 0 Å². The minimum Gasteiger partial charge on any atom is -0.333 e. The van der Waals surface area contributed by atoms with E-state index < -0.39 is 0 Å². The summed E-state index contributed by atoms with van der Waals surface area (Å²) in [7, 11) is 2.01. The quantitative estimate of drug-likeness (QED) is 0.888. The summed E-state index contributed by atoms with van der Waals surface area (Å²) in [4.78, 5) is 4.35. The highest BCUT2D eigenvalue weighted by atomic mass is 15.1. The number of hydrogen-bond donors (Lipinski definition) is 1. The number of nitrogens with zero attached hydrogens (tertiary/aromatic N) is 2. The molecule has 0 aromatic carbocycles. The fourth-order valence-electron chi connectivity index (χ4n) is 3.03. The molecule has 102 valence electrons. The molecule has 0 spiro atoms. The van der Waals surface area contributed by atoms with Gasteiger partial charge in [0, 0.05) is 12.7 Å². The Morgan fingerprint density at radius 1 is 1.39 bits per heavy atom. The normalized spacial score (nSPS) is 25.3. The summed E-state index contributed by atoms with van der Waals surface area (Å²) in [5.74, 6) is 1.67. The van der Waals surface area contributed by atoms with Crippen molar-refractivity contribution in [2.24, 2.45) is 11.8 Å². The summed E-state index contributed by atoms with van der Waals surface area (Å²) < 4.78 is 2.35. The molecule has 0 bridgehead atoms. The Bertz CT molecular complexity index is 381. The van der Waals surface area contributed by atoms with E-state index >= 15 is 0 Å². The molecule has 2 rings (SSSR count). The number of rotatable bonds is 4. The highest BCUT2D eigenvalue weighted by Crippen LogP contribution is 2.31. The number of aromatic nitrogens is 2. The van der Waals surface area contributed by atoms with Crippen molar-refractivity contribution in [3.63, 3.8) is 0 Å². The van der Waals surface area contributed by atoms with E-state index in [4.69, 9.17) is 0 Å². The second-order valence-electron chi connectivity index (χ2n) is 6.33. The van der Waals surface area contributed by atoms with Crippen molar-refractivity contribution in [1.82, 2.24) is 14.9 Å². The standard InChI is InChI=1S/C15H27N3/c1-12-7-5-6-8-13(12)10-18-11-17-9-14(18)15(2,3)16-4/h9,11-13,16H,5-8,10H2,1-4H3. The summed E-state index contributed by atoms with van der Waals surface area (Å²) in [5, 5.41) is 3.37. The summed E-state index contributed by atoms with van der Waals surface area (Å²) in [6.07, 6.45) is 9.58. The predicted octanol–water partition coefficient (Wildman–Crippen LogP) is 3.16. The highest BCUT2D eigenvalue weighted by molar-refractivity contribution is 5.11. The molecule has 3 heteroatoms. The molecule has 1 aliphatic carbocycles. The first kappa shape index (κ1) is 13.6. The third-order valence-electron chi connectivity index (χ3n) is 4.70. The molecule has 1 aromatic rings. The first-order valence-corrected chi connectivity index (χ1v) is 7.24. The number of imidazole rings is 1. The van der Waals surface area contributed by atoms with E-state index in [0.717, 1.165) is 18.4 Å². The van der Waals surface area contributed by atoms with Crippen LogP contribution in [-0.4, -0.2) is 16.6 Å². The molecular weight excluding hydrogens is 222 g/mol. The van der Waals surface area contributed by atoms with Crippen LogP contribution < -0.4 is 5.32 Å². The first-order valence-electron chi connectivity index (χ1n) is 7.24. The molecule has 0 aliphatic heterocycles. The van der Waals surface area contributed by atoms with Gasteiger partial charge in [-0.3, -0.25) is 0 Å². The van der Waals surface area contributed by atoms with Crippen LogP contribution in [0, 0.1) is 11.8 Å². The molecule has 0 amide bonds. The van der Waals surface area contributed by atoms with Crippen LogP contribution in [0.1, 0.15) is 52.1 Å². The lowest BCUT2D eigenvalue weighted by atomic mass is 9.80. The van der Waals surface area contributed by atoms with Gasteiger partial charge in [0.2, 0.25) is 0 Å². The third kappa shape index (κ3) is 2.77. The lowest BCUT2D eigenvalue weighted by Gasteiger charge is -2.31. The molecule has 1 heterocycles. The van der Waals surface area contributed by atoms with Crippen LogP contribution in [0.25, 0.3) is 0 Å². The summed E-state index contributed by atoms with van der Waals surface area (Å²) >= 11 is 0. The van der Waals surface area contributed by atoms with Crippen molar-refractivity contribution in [2.75, 3.05) is 7.05 Å². The minimum atomic E-state index is -0.00555. The maximum atomic E-state index is 4.35. The minimum absolute atomic E-state index is 0.00555. The highest BCUT2D eigenvalue weighted by Gasteiger charge is 2.26. The molecule has 1 fully saturated rings. The molecule has 1 N–H and O–H groups in total. The average molecular weight is 249 g/mol. The summed E-state index contributed by atoms with van der Waals surface area (Å²) in [6.45, 7) is 7.96. The van der Waals surface area contributed by atoms with Crippen LogP contribution >= 0.6 is 0 Å². The molecule has 0 saturated heterocycles. The van der Waals surface area contributed by atoms with E-state index in [1.165, 1.54) is 31.4 Å². The van der Waals surface area contributed by atoms with Gasteiger partial charge in [0.25, 0.3) is 0 Å². The van der Waals surface area contributed by atoms with Gasteiger partial charge < -0.3 is 9.88 Å². The molecule has 0 radical (unpaired) electrons. The van der Waals surface area contributed by atoms with Crippen molar-refractivity contribution < 1.29 is 0 Å². The van der Waals surface area contributed by atoms with E-state index in [1.54, 1.807) is 0 Å². The van der Waals surface area contributed by atoms with Crippen LogP contribution in [0.2, 0.25) is 0 Å². The molecule has 3 nitrogen and oxygen atoms in total. The lowest BCUT2D eigenvalue weighted by Crippen LogP contribution is -2.36. The van der Waals surface area contributed by atoms with Crippen LogP contribution in [-0.2, 0) is 12.1 Å². The maximum Gasteiger partial charge on any atom is 0.0948 e. The van der Waals surface area contributed by atoms with E-state index in [-0.39, 0.29) is 5.54 Å². The van der Waals surface area contributed by atoms with Gasteiger partial charge in [-0.15, -0.1) is 0 Å². The monoisotopic (exact) mass is 249 g/mol. The zero-order valence-corrected chi connectivity index (χ0v) is 12.2. The third-order valence-corrected chi connectivity index (χ3v) is 4.70. The Balaban J connectivity index is 2.12. The van der Waals surface area contributed by atoms with Crippen LogP contribution in [0.15, 0.2) is 12.5 Å². The van der Waals surface area contributed by atoms with Crippen LogP contribution in [0.4, 0.5) is 0 Å². The summed E-state index contributed by atoms with van der Waals surface area (Å²) in [5.41, 5.74) is 1.29. The molecular formula is C15H27N3. The molecule has 18 heavy (non-hydrogen) atoms. The van der Waals surface area contributed by atoms with Gasteiger partial charge in [-0.1, -0.05) is 26.2 Å². The van der Waals surface area contributed by atoms with Crippen molar-refractivity contribution >= 4 is 0 Å². The second kappa shape index (κ2) is 5.43. The zero-order valence-electron chi connectivity index (χ0n) is 12.2. The Morgan fingerprint density at radius 2 is 2.11 bits per heavy atom. The topological polar surface area (TPSA) is 29.9 Å². The van der Waals surface area contributed by atoms with E-state index in [0.29, 0.717) is 0 Å². The SMILES string of the molecule is CNC(C)(C)c1cncn1CC1CCCCC1C. The molecule has 1 saturated carbocycles. The molecule has 1 aromatic heterocycles. The number of nitrogens with one attached hydrogen (secondary N) is 1. The fraction of sp³-hybridized carbons (Fsp3) is 0.800. The largest absolute Gasteiger partial charge is 0.333 e. The van der Waals surface area contributed by atoms with Crippen LogP contribution in [0.5, 0.6) is 0 Å². The van der Waals surface area contributed by atoms with Gasteiger partial charge in [0.15, 0.2) is 0 Å². The predicted molar refractivity (Wildman–Crippen MR) is 75.4 cm³/mol. The fourth-order valence-corrected chi connectivity index (χ4v) is 3.03. The van der Waals surface area contributed by atoms with Crippen LogP contribution in [0.3, 0.4) is 0 Å². The van der Waals surface area contributed by atoms with E-state index in [1.807, 2.05) is 19.6 Å². The van der Waals surface area contributed by atoms with Gasteiger partial charge in [0.05, 0.1) is 17.6 Å².